The first-order chi connectivity index (χ1) is 7.84. The van der Waals surface area contributed by atoms with Crippen molar-refractivity contribution in [3.63, 3.8) is 0 Å². The molecule has 0 radical (unpaired) electrons. The van der Waals surface area contributed by atoms with Gasteiger partial charge in [0.25, 0.3) is 0 Å². The molecule has 3 aromatic heterocycles. The lowest BCUT2D eigenvalue weighted by atomic mass is 10.4. The van der Waals surface area contributed by atoms with Gasteiger partial charge in [-0.15, -0.1) is 11.3 Å². The van der Waals surface area contributed by atoms with Gasteiger partial charge in [-0.05, 0) is 12.1 Å². The summed E-state index contributed by atoms with van der Waals surface area (Å²) in [4.78, 5) is 8.47. The van der Waals surface area contributed by atoms with E-state index in [2.05, 4.69) is 20.4 Å². The Morgan fingerprint density at radius 3 is 3.06 bits per heavy atom. The Hall–Kier alpha value is -1.95. The molecule has 80 valence electrons. The number of aryl methyl sites for hydroxylation is 1. The van der Waals surface area contributed by atoms with Gasteiger partial charge in [-0.1, -0.05) is 0 Å². The number of fused-ring (bicyclic) bond motifs is 1. The Morgan fingerprint density at radius 2 is 2.25 bits per heavy atom. The molecule has 0 bridgehead atoms. The van der Waals surface area contributed by atoms with E-state index in [1.807, 2.05) is 24.6 Å². The predicted molar refractivity (Wildman–Crippen MR) is 63.9 cm³/mol. The molecular formula is C10H9N5S. The summed E-state index contributed by atoms with van der Waals surface area (Å²) in [6.45, 7) is 0. The molecule has 0 aromatic carbocycles. The van der Waals surface area contributed by atoms with Crippen LogP contribution in [0.5, 0.6) is 0 Å². The number of rotatable bonds is 2. The summed E-state index contributed by atoms with van der Waals surface area (Å²) in [6, 6.07) is 3.89. The smallest absolute Gasteiger partial charge is 0.188 e. The molecule has 0 amide bonds. The monoisotopic (exact) mass is 231 g/mol. The molecule has 16 heavy (non-hydrogen) atoms. The highest BCUT2D eigenvalue weighted by Crippen LogP contribution is 2.23. The Kier molecular flexibility index (Phi) is 2.07. The molecule has 0 aliphatic rings. The standard InChI is InChI=1S/C10H9N5S/c1-15-7-3-2-4-11-8(7)9(14-15)13-10-12-5-6-16-10/h2-6H,1H3,(H,12,13,14). The van der Waals surface area contributed by atoms with Crippen LogP contribution in [0.4, 0.5) is 10.9 Å². The molecule has 6 heteroatoms. The maximum atomic E-state index is 4.37. The van der Waals surface area contributed by atoms with E-state index in [0.29, 0.717) is 0 Å². The van der Waals surface area contributed by atoms with Crippen LogP contribution in [0, 0.1) is 0 Å². The molecule has 0 saturated carbocycles. The fourth-order valence-corrected chi connectivity index (χ4v) is 2.09. The lowest BCUT2D eigenvalue weighted by Crippen LogP contribution is -1.93. The number of pyridine rings is 1. The van der Waals surface area contributed by atoms with Gasteiger partial charge in [0, 0.05) is 24.8 Å². The van der Waals surface area contributed by atoms with Gasteiger partial charge in [-0.3, -0.25) is 9.67 Å². The Labute approximate surface area is 95.8 Å². The van der Waals surface area contributed by atoms with Crippen molar-refractivity contribution in [3.05, 3.63) is 29.9 Å². The first-order valence-electron chi connectivity index (χ1n) is 4.79. The number of nitrogens with zero attached hydrogens (tertiary/aromatic N) is 4. The minimum absolute atomic E-state index is 0.744. The summed E-state index contributed by atoms with van der Waals surface area (Å²) in [6.07, 6.45) is 3.52. The van der Waals surface area contributed by atoms with Gasteiger partial charge in [0.05, 0.1) is 5.52 Å². The first-order valence-corrected chi connectivity index (χ1v) is 5.67. The van der Waals surface area contributed by atoms with Crippen LogP contribution in [0.3, 0.4) is 0 Å². The Balaban J connectivity index is 2.10. The lowest BCUT2D eigenvalue weighted by Gasteiger charge is -1.96. The molecule has 3 rings (SSSR count). The van der Waals surface area contributed by atoms with Crippen LogP contribution < -0.4 is 5.32 Å². The highest BCUT2D eigenvalue weighted by atomic mass is 32.1. The molecular weight excluding hydrogens is 222 g/mol. The average Bonchev–Trinajstić information content (AvgIpc) is 2.90. The van der Waals surface area contributed by atoms with E-state index in [1.165, 1.54) is 11.3 Å². The first kappa shape index (κ1) is 9.29. The number of anilines is 2. The molecule has 0 saturated heterocycles. The van der Waals surface area contributed by atoms with Crippen LogP contribution in [0.2, 0.25) is 0 Å². The van der Waals surface area contributed by atoms with E-state index < -0.39 is 0 Å². The summed E-state index contributed by atoms with van der Waals surface area (Å²) in [7, 11) is 1.90. The number of hydrogen-bond donors (Lipinski definition) is 1. The van der Waals surface area contributed by atoms with E-state index in [4.69, 9.17) is 0 Å². The van der Waals surface area contributed by atoms with Gasteiger partial charge in [0.2, 0.25) is 0 Å². The lowest BCUT2D eigenvalue weighted by molar-refractivity contribution is 0.801. The molecule has 3 aromatic rings. The van der Waals surface area contributed by atoms with Crippen molar-refractivity contribution >= 4 is 33.3 Å². The summed E-state index contributed by atoms with van der Waals surface area (Å²) < 4.78 is 1.80. The highest BCUT2D eigenvalue weighted by molar-refractivity contribution is 7.13. The number of aromatic nitrogens is 4. The fourth-order valence-electron chi connectivity index (χ4n) is 1.56. The van der Waals surface area contributed by atoms with E-state index in [9.17, 15) is 0 Å². The number of thiazole rings is 1. The van der Waals surface area contributed by atoms with Crippen LogP contribution in [-0.4, -0.2) is 19.7 Å². The topological polar surface area (TPSA) is 55.6 Å². The average molecular weight is 231 g/mol. The summed E-state index contributed by atoms with van der Waals surface area (Å²) in [5.74, 6) is 0.744. The molecule has 5 nitrogen and oxygen atoms in total. The van der Waals surface area contributed by atoms with E-state index in [-0.39, 0.29) is 0 Å². The zero-order chi connectivity index (χ0) is 11.0. The van der Waals surface area contributed by atoms with Crippen molar-refractivity contribution in [1.29, 1.82) is 0 Å². The largest absolute Gasteiger partial charge is 0.313 e. The molecule has 0 fully saturated rings. The van der Waals surface area contributed by atoms with Crippen LogP contribution in [-0.2, 0) is 7.05 Å². The van der Waals surface area contributed by atoms with Crippen LogP contribution >= 0.6 is 11.3 Å². The van der Waals surface area contributed by atoms with Crippen molar-refractivity contribution in [2.45, 2.75) is 0 Å². The number of nitrogens with one attached hydrogen (secondary N) is 1. The Bertz CT molecular complexity index is 613. The predicted octanol–water partition coefficient (Wildman–Crippen LogP) is 2.17. The normalized spacial score (nSPS) is 10.8. The number of hydrogen-bond acceptors (Lipinski definition) is 5. The third kappa shape index (κ3) is 1.43. The third-order valence-electron chi connectivity index (χ3n) is 2.27. The fraction of sp³-hybridized carbons (Fsp3) is 0.100. The maximum absolute atomic E-state index is 4.37. The summed E-state index contributed by atoms with van der Waals surface area (Å²) in [5, 5.41) is 10.3. The molecule has 0 atom stereocenters. The van der Waals surface area contributed by atoms with Crippen LogP contribution in [0.15, 0.2) is 29.9 Å². The highest BCUT2D eigenvalue weighted by Gasteiger charge is 2.09. The van der Waals surface area contributed by atoms with Crippen LogP contribution in [0.1, 0.15) is 0 Å². The van der Waals surface area contributed by atoms with Gasteiger partial charge in [-0.2, -0.15) is 5.10 Å². The quantitative estimate of drug-likeness (QED) is 0.734. The Morgan fingerprint density at radius 1 is 1.31 bits per heavy atom. The minimum Gasteiger partial charge on any atom is -0.313 e. The van der Waals surface area contributed by atoms with Crippen molar-refractivity contribution in [2.75, 3.05) is 5.32 Å². The van der Waals surface area contributed by atoms with Crippen molar-refractivity contribution in [2.24, 2.45) is 7.05 Å². The van der Waals surface area contributed by atoms with E-state index in [1.54, 1.807) is 17.1 Å². The molecule has 3 heterocycles. The summed E-state index contributed by atoms with van der Waals surface area (Å²) >= 11 is 1.54. The molecule has 0 aliphatic heterocycles. The molecule has 1 N–H and O–H groups in total. The van der Waals surface area contributed by atoms with Gasteiger partial charge < -0.3 is 5.32 Å². The second-order valence-corrected chi connectivity index (χ2v) is 4.20. The zero-order valence-corrected chi connectivity index (χ0v) is 9.40. The van der Waals surface area contributed by atoms with Gasteiger partial charge in [0.1, 0.15) is 5.52 Å². The second-order valence-electron chi connectivity index (χ2n) is 3.31. The molecule has 0 spiro atoms. The van der Waals surface area contributed by atoms with E-state index >= 15 is 0 Å². The van der Waals surface area contributed by atoms with Gasteiger partial charge in [-0.25, -0.2) is 4.98 Å². The van der Waals surface area contributed by atoms with Crippen molar-refractivity contribution in [1.82, 2.24) is 19.7 Å². The van der Waals surface area contributed by atoms with Gasteiger partial charge in [0.15, 0.2) is 10.9 Å². The summed E-state index contributed by atoms with van der Waals surface area (Å²) in [5.41, 5.74) is 1.86. The van der Waals surface area contributed by atoms with Crippen LogP contribution in [0.25, 0.3) is 11.0 Å². The molecule has 0 aliphatic carbocycles. The zero-order valence-electron chi connectivity index (χ0n) is 8.58. The third-order valence-corrected chi connectivity index (χ3v) is 2.96. The van der Waals surface area contributed by atoms with Gasteiger partial charge >= 0.3 is 0 Å². The minimum atomic E-state index is 0.744. The SMILES string of the molecule is Cn1nc(Nc2nccs2)c2ncccc21. The van der Waals surface area contributed by atoms with Crippen molar-refractivity contribution < 1.29 is 0 Å². The van der Waals surface area contributed by atoms with Crippen molar-refractivity contribution in [3.8, 4) is 0 Å². The molecule has 0 unspecified atom stereocenters. The maximum Gasteiger partial charge on any atom is 0.188 e. The van der Waals surface area contributed by atoms with E-state index in [0.717, 1.165) is 22.0 Å². The second kappa shape index (κ2) is 3.57.